The van der Waals surface area contributed by atoms with Gasteiger partial charge in [-0.3, -0.25) is 0 Å². The van der Waals surface area contributed by atoms with Gasteiger partial charge in [0.05, 0.1) is 11.9 Å². The number of rotatable bonds is 0. The molecule has 2 heterocycles. The zero-order valence-electron chi connectivity index (χ0n) is 6.55. The maximum absolute atomic E-state index is 4.07. The molecule has 0 saturated carbocycles. The number of hydrogen-bond donors (Lipinski definition) is 2. The number of anilines is 2. The van der Waals surface area contributed by atoms with Crippen LogP contribution in [0.5, 0.6) is 0 Å². The lowest BCUT2D eigenvalue weighted by molar-refractivity contribution is 0.673. The fraction of sp³-hybridized carbons (Fsp3) is 0.429. The molecule has 0 atom stereocenters. The van der Waals surface area contributed by atoms with Gasteiger partial charge in [-0.2, -0.15) is 0 Å². The van der Waals surface area contributed by atoms with Crippen LogP contribution < -0.4 is 10.6 Å². The van der Waals surface area contributed by atoms with E-state index >= 15 is 0 Å². The van der Waals surface area contributed by atoms with Crippen molar-refractivity contribution in [1.29, 1.82) is 0 Å². The Balaban J connectivity index is 2.41. The molecular formula is C7H10N4. The van der Waals surface area contributed by atoms with Gasteiger partial charge in [-0.15, -0.1) is 0 Å². The van der Waals surface area contributed by atoms with Crippen molar-refractivity contribution in [2.75, 3.05) is 10.6 Å². The number of hydrogen-bond acceptors (Lipinski definition) is 4. The summed E-state index contributed by atoms with van der Waals surface area (Å²) in [7, 11) is 0. The van der Waals surface area contributed by atoms with Gasteiger partial charge in [0.25, 0.3) is 0 Å². The molecule has 1 aliphatic rings. The van der Waals surface area contributed by atoms with E-state index in [1.165, 1.54) is 6.33 Å². The summed E-state index contributed by atoms with van der Waals surface area (Å²) >= 11 is 0. The third kappa shape index (κ3) is 1.00. The maximum Gasteiger partial charge on any atom is 0.154 e. The van der Waals surface area contributed by atoms with Gasteiger partial charge < -0.3 is 10.6 Å². The highest BCUT2D eigenvalue weighted by atomic mass is 15.3. The molecule has 0 aromatic carbocycles. The third-order valence-corrected chi connectivity index (χ3v) is 1.59. The van der Waals surface area contributed by atoms with Gasteiger partial charge in [0.1, 0.15) is 12.0 Å². The van der Waals surface area contributed by atoms with Crippen molar-refractivity contribution in [1.82, 2.24) is 9.97 Å². The topological polar surface area (TPSA) is 49.8 Å². The average molecular weight is 150 g/mol. The molecule has 0 fully saturated rings. The van der Waals surface area contributed by atoms with Crippen molar-refractivity contribution >= 4 is 11.5 Å². The largest absolute Gasteiger partial charge is 0.359 e. The highest BCUT2D eigenvalue weighted by molar-refractivity contribution is 5.70. The Kier molecular flexibility index (Phi) is 1.07. The van der Waals surface area contributed by atoms with Crippen LogP contribution in [0, 0.1) is 0 Å². The second-order valence-corrected chi connectivity index (χ2v) is 3.16. The molecule has 1 aromatic heterocycles. The van der Waals surface area contributed by atoms with Crippen molar-refractivity contribution in [3.05, 3.63) is 12.5 Å². The normalized spacial score (nSPS) is 18.4. The molecule has 2 N–H and O–H groups in total. The van der Waals surface area contributed by atoms with Gasteiger partial charge in [-0.25, -0.2) is 9.97 Å². The fourth-order valence-electron chi connectivity index (χ4n) is 1.18. The van der Waals surface area contributed by atoms with E-state index in [-0.39, 0.29) is 5.66 Å². The number of aromatic nitrogens is 2. The fourth-order valence-corrected chi connectivity index (χ4v) is 1.18. The van der Waals surface area contributed by atoms with Gasteiger partial charge in [0.15, 0.2) is 5.82 Å². The van der Waals surface area contributed by atoms with E-state index in [4.69, 9.17) is 0 Å². The average Bonchev–Trinajstić information content (AvgIpc) is 2.21. The first kappa shape index (κ1) is 6.39. The molecule has 0 radical (unpaired) electrons. The molecular weight excluding hydrogens is 140 g/mol. The molecule has 1 aromatic rings. The molecule has 11 heavy (non-hydrogen) atoms. The summed E-state index contributed by atoms with van der Waals surface area (Å²) in [4.78, 5) is 7.98. The Hall–Kier alpha value is -1.32. The van der Waals surface area contributed by atoms with Crippen LogP contribution in [0.2, 0.25) is 0 Å². The van der Waals surface area contributed by atoms with E-state index in [0.717, 1.165) is 11.5 Å². The Bertz CT molecular complexity index is 255. The monoisotopic (exact) mass is 150 g/mol. The summed E-state index contributed by atoms with van der Waals surface area (Å²) in [5.74, 6) is 0.880. The number of nitrogens with one attached hydrogen (secondary N) is 2. The first-order chi connectivity index (χ1) is 5.17. The van der Waals surface area contributed by atoms with E-state index in [0.29, 0.717) is 0 Å². The highest BCUT2D eigenvalue weighted by Gasteiger charge is 2.26. The summed E-state index contributed by atoms with van der Waals surface area (Å²) in [6, 6.07) is 0. The molecule has 2 rings (SSSR count). The quantitative estimate of drug-likeness (QED) is 0.580. The van der Waals surface area contributed by atoms with Gasteiger partial charge >= 0.3 is 0 Å². The van der Waals surface area contributed by atoms with Crippen molar-refractivity contribution in [3.8, 4) is 0 Å². The molecule has 0 aliphatic carbocycles. The van der Waals surface area contributed by atoms with Gasteiger partial charge in [-0.1, -0.05) is 0 Å². The molecule has 58 valence electrons. The number of fused-ring (bicyclic) bond motifs is 1. The SMILES string of the molecule is CC1(C)Nc2cncnc2N1. The van der Waals surface area contributed by atoms with Crippen molar-refractivity contribution in [2.24, 2.45) is 0 Å². The van der Waals surface area contributed by atoms with Crippen LogP contribution in [0.4, 0.5) is 11.5 Å². The van der Waals surface area contributed by atoms with Crippen molar-refractivity contribution in [3.63, 3.8) is 0 Å². The van der Waals surface area contributed by atoms with Crippen molar-refractivity contribution in [2.45, 2.75) is 19.5 Å². The number of nitrogens with zero attached hydrogens (tertiary/aromatic N) is 2. The van der Waals surface area contributed by atoms with E-state index in [1.807, 2.05) is 0 Å². The predicted molar refractivity (Wildman–Crippen MR) is 43.4 cm³/mol. The first-order valence-corrected chi connectivity index (χ1v) is 3.54. The predicted octanol–water partition coefficient (Wildman–Crippen LogP) is 1.05. The molecule has 4 nitrogen and oxygen atoms in total. The van der Waals surface area contributed by atoms with Gasteiger partial charge in [0, 0.05) is 0 Å². The standard InChI is InChI=1S/C7H10N4/c1-7(2)10-5-3-8-4-9-6(5)11-7/h3-4,10H,1-2H3,(H,8,9,11). The lowest BCUT2D eigenvalue weighted by Gasteiger charge is -2.18. The summed E-state index contributed by atoms with van der Waals surface area (Å²) in [5, 5.41) is 6.45. The van der Waals surface area contributed by atoms with Crippen LogP contribution in [0.3, 0.4) is 0 Å². The first-order valence-electron chi connectivity index (χ1n) is 3.54. The van der Waals surface area contributed by atoms with E-state index in [2.05, 4.69) is 34.4 Å². The lowest BCUT2D eigenvalue weighted by Crippen LogP contribution is -2.33. The van der Waals surface area contributed by atoms with E-state index in [9.17, 15) is 0 Å². The zero-order valence-corrected chi connectivity index (χ0v) is 6.55. The molecule has 0 unspecified atom stereocenters. The van der Waals surface area contributed by atoms with Crippen LogP contribution in [0.1, 0.15) is 13.8 Å². The Morgan fingerprint density at radius 2 is 2.18 bits per heavy atom. The maximum atomic E-state index is 4.07. The second-order valence-electron chi connectivity index (χ2n) is 3.16. The summed E-state index contributed by atoms with van der Waals surface area (Å²) in [6.45, 7) is 4.10. The molecule has 1 aliphatic heterocycles. The van der Waals surface area contributed by atoms with Crippen LogP contribution in [0.25, 0.3) is 0 Å². The minimum absolute atomic E-state index is 0.0988. The molecule has 0 saturated heterocycles. The van der Waals surface area contributed by atoms with E-state index < -0.39 is 0 Å². The molecule has 0 amide bonds. The molecule has 0 spiro atoms. The molecule has 0 bridgehead atoms. The minimum Gasteiger partial charge on any atom is -0.359 e. The Labute approximate surface area is 65.1 Å². The minimum atomic E-state index is -0.0988. The summed E-state index contributed by atoms with van der Waals surface area (Å²) in [5.41, 5.74) is 0.871. The van der Waals surface area contributed by atoms with Gasteiger partial charge in [0.2, 0.25) is 0 Å². The third-order valence-electron chi connectivity index (χ3n) is 1.59. The Morgan fingerprint density at radius 3 is 2.91 bits per heavy atom. The van der Waals surface area contributed by atoms with Crippen LogP contribution in [0.15, 0.2) is 12.5 Å². The van der Waals surface area contributed by atoms with Crippen LogP contribution >= 0.6 is 0 Å². The summed E-state index contributed by atoms with van der Waals surface area (Å²) < 4.78 is 0. The van der Waals surface area contributed by atoms with Crippen molar-refractivity contribution < 1.29 is 0 Å². The van der Waals surface area contributed by atoms with Gasteiger partial charge in [-0.05, 0) is 13.8 Å². The van der Waals surface area contributed by atoms with E-state index in [1.54, 1.807) is 6.20 Å². The highest BCUT2D eigenvalue weighted by Crippen LogP contribution is 2.29. The van der Waals surface area contributed by atoms with Crippen LogP contribution in [-0.2, 0) is 0 Å². The zero-order chi connectivity index (χ0) is 7.90. The molecule has 4 heteroatoms. The summed E-state index contributed by atoms with van der Waals surface area (Å²) in [6.07, 6.45) is 3.30. The van der Waals surface area contributed by atoms with Crippen LogP contribution in [-0.4, -0.2) is 15.6 Å². The second kappa shape index (κ2) is 1.84. The Morgan fingerprint density at radius 1 is 1.36 bits per heavy atom. The lowest BCUT2D eigenvalue weighted by atomic mass is 10.3. The smallest absolute Gasteiger partial charge is 0.154 e.